The van der Waals surface area contributed by atoms with E-state index in [1.807, 2.05) is 0 Å². The van der Waals surface area contributed by atoms with Crippen LogP contribution in [0.2, 0.25) is 0 Å². The van der Waals surface area contributed by atoms with Crippen molar-refractivity contribution in [3.05, 3.63) is 36.4 Å². The average Bonchev–Trinajstić information content (AvgIpc) is 2.78. The zero-order valence-electron chi connectivity index (χ0n) is 8.49. The zero-order valence-corrected chi connectivity index (χ0v) is 8.49. The number of aromatic hydroxyl groups is 1. The van der Waals surface area contributed by atoms with Gasteiger partial charge in [-0.25, -0.2) is 14.5 Å². The van der Waals surface area contributed by atoms with E-state index in [9.17, 15) is 4.79 Å². The van der Waals surface area contributed by atoms with Crippen LogP contribution >= 0.6 is 0 Å². The number of carbonyl (C=O) groups excluding carboxylic acids is 1. The summed E-state index contributed by atoms with van der Waals surface area (Å²) < 4.78 is 5.91. The molecule has 0 unspecified atom stereocenters. The molecule has 0 spiro atoms. The number of esters is 1. The van der Waals surface area contributed by atoms with Gasteiger partial charge in [-0.1, -0.05) is 0 Å². The molecule has 0 atom stereocenters. The summed E-state index contributed by atoms with van der Waals surface area (Å²) in [7, 11) is 1.27. The molecule has 0 amide bonds. The summed E-state index contributed by atoms with van der Waals surface area (Å²) in [4.78, 5) is 14.9. The Labute approximate surface area is 91.1 Å². The van der Waals surface area contributed by atoms with Gasteiger partial charge in [0.05, 0.1) is 12.8 Å². The first-order valence-electron chi connectivity index (χ1n) is 4.50. The Kier molecular flexibility index (Phi) is 2.55. The maximum absolute atomic E-state index is 11.1. The van der Waals surface area contributed by atoms with Crippen LogP contribution in [-0.4, -0.2) is 33.0 Å². The summed E-state index contributed by atoms with van der Waals surface area (Å²) in [6.45, 7) is 0. The maximum Gasteiger partial charge on any atom is 0.377 e. The number of benzene rings is 1. The molecule has 16 heavy (non-hydrogen) atoms. The second-order valence-electron chi connectivity index (χ2n) is 3.02. The van der Waals surface area contributed by atoms with Crippen molar-refractivity contribution in [2.45, 2.75) is 0 Å². The molecule has 2 rings (SSSR count). The van der Waals surface area contributed by atoms with Crippen LogP contribution in [0.1, 0.15) is 10.6 Å². The van der Waals surface area contributed by atoms with Gasteiger partial charge >= 0.3 is 5.97 Å². The summed E-state index contributed by atoms with van der Waals surface area (Å²) in [5.74, 6) is -0.426. The molecule has 1 N–H and O–H groups in total. The predicted octanol–water partition coefficient (Wildman–Crippen LogP) is 0.760. The van der Waals surface area contributed by atoms with Crippen LogP contribution in [0.25, 0.3) is 5.69 Å². The number of ether oxygens (including phenoxy) is 1. The molecule has 6 nitrogen and oxygen atoms in total. The molecule has 1 heterocycles. The van der Waals surface area contributed by atoms with Crippen LogP contribution in [-0.2, 0) is 4.74 Å². The SMILES string of the molecule is COC(=O)c1ncn(-c2ccc(O)cc2)n1. The molecule has 82 valence electrons. The molecule has 0 fully saturated rings. The average molecular weight is 219 g/mol. The van der Waals surface area contributed by atoms with E-state index in [-0.39, 0.29) is 11.6 Å². The molecule has 0 saturated heterocycles. The summed E-state index contributed by atoms with van der Waals surface area (Å²) >= 11 is 0. The molecule has 1 aromatic carbocycles. The summed E-state index contributed by atoms with van der Waals surface area (Å²) in [6.07, 6.45) is 1.40. The second kappa shape index (κ2) is 4.01. The fraction of sp³-hybridized carbons (Fsp3) is 0.100. The van der Waals surface area contributed by atoms with Gasteiger partial charge in [0.2, 0.25) is 0 Å². The smallest absolute Gasteiger partial charge is 0.377 e. The van der Waals surface area contributed by atoms with Gasteiger partial charge in [0.1, 0.15) is 12.1 Å². The molecule has 0 saturated carbocycles. The van der Waals surface area contributed by atoms with Crippen molar-refractivity contribution >= 4 is 5.97 Å². The second-order valence-corrected chi connectivity index (χ2v) is 3.02. The van der Waals surface area contributed by atoms with Crippen molar-refractivity contribution in [3.8, 4) is 11.4 Å². The van der Waals surface area contributed by atoms with Crippen LogP contribution in [0.3, 0.4) is 0 Å². The highest BCUT2D eigenvalue weighted by molar-refractivity contribution is 5.84. The monoisotopic (exact) mass is 219 g/mol. The van der Waals surface area contributed by atoms with E-state index in [0.29, 0.717) is 5.69 Å². The maximum atomic E-state index is 11.1. The molecule has 0 bridgehead atoms. The number of aromatic nitrogens is 3. The molecule has 1 aromatic heterocycles. The summed E-state index contributed by atoms with van der Waals surface area (Å²) in [6, 6.07) is 6.36. The minimum atomic E-state index is -0.586. The molecular weight excluding hydrogens is 210 g/mol. The third-order valence-electron chi connectivity index (χ3n) is 1.97. The van der Waals surface area contributed by atoms with E-state index in [0.717, 1.165) is 0 Å². The van der Waals surface area contributed by atoms with Crippen molar-refractivity contribution in [2.75, 3.05) is 7.11 Å². The molecule has 0 aliphatic rings. The van der Waals surface area contributed by atoms with E-state index in [2.05, 4.69) is 14.8 Å². The van der Waals surface area contributed by atoms with E-state index < -0.39 is 5.97 Å². The number of phenolic OH excluding ortho intramolecular Hbond substituents is 1. The lowest BCUT2D eigenvalue weighted by Crippen LogP contribution is -2.05. The number of carbonyl (C=O) groups is 1. The fourth-order valence-corrected chi connectivity index (χ4v) is 1.18. The third kappa shape index (κ3) is 1.85. The van der Waals surface area contributed by atoms with Gasteiger partial charge in [0, 0.05) is 0 Å². The molecule has 0 aliphatic carbocycles. The van der Waals surface area contributed by atoms with Gasteiger partial charge in [-0.3, -0.25) is 0 Å². The molecule has 6 heteroatoms. The number of hydrogen-bond donors (Lipinski definition) is 1. The Hall–Kier alpha value is -2.37. The van der Waals surface area contributed by atoms with Crippen LogP contribution in [0.15, 0.2) is 30.6 Å². The van der Waals surface area contributed by atoms with E-state index >= 15 is 0 Å². The Morgan fingerprint density at radius 3 is 2.69 bits per heavy atom. The van der Waals surface area contributed by atoms with Gasteiger partial charge in [0.25, 0.3) is 5.82 Å². The fourth-order valence-electron chi connectivity index (χ4n) is 1.18. The predicted molar refractivity (Wildman–Crippen MR) is 54.4 cm³/mol. The van der Waals surface area contributed by atoms with Gasteiger partial charge in [-0.2, -0.15) is 0 Å². The van der Waals surface area contributed by atoms with Crippen LogP contribution in [0, 0.1) is 0 Å². The Balaban J connectivity index is 2.31. The highest BCUT2D eigenvalue weighted by Crippen LogP contribution is 2.12. The van der Waals surface area contributed by atoms with Crippen molar-refractivity contribution in [2.24, 2.45) is 0 Å². The highest BCUT2D eigenvalue weighted by atomic mass is 16.5. The molecule has 0 radical (unpaired) electrons. The Morgan fingerprint density at radius 1 is 1.38 bits per heavy atom. The molecular formula is C10H9N3O3. The van der Waals surface area contributed by atoms with Crippen LogP contribution < -0.4 is 0 Å². The number of hydrogen-bond acceptors (Lipinski definition) is 5. The van der Waals surface area contributed by atoms with Gasteiger partial charge in [-0.15, -0.1) is 5.10 Å². The van der Waals surface area contributed by atoms with E-state index in [4.69, 9.17) is 5.11 Å². The first-order chi connectivity index (χ1) is 7.70. The Morgan fingerprint density at radius 2 is 2.06 bits per heavy atom. The lowest BCUT2D eigenvalue weighted by Gasteiger charge is -1.99. The van der Waals surface area contributed by atoms with Crippen LogP contribution in [0.4, 0.5) is 0 Å². The van der Waals surface area contributed by atoms with Crippen molar-refractivity contribution in [3.63, 3.8) is 0 Å². The van der Waals surface area contributed by atoms with Gasteiger partial charge in [0.15, 0.2) is 0 Å². The Bertz CT molecular complexity index is 504. The highest BCUT2D eigenvalue weighted by Gasteiger charge is 2.11. The first kappa shape index (κ1) is 10.2. The molecule has 2 aromatic rings. The summed E-state index contributed by atoms with van der Waals surface area (Å²) in [5.41, 5.74) is 0.695. The number of rotatable bonds is 2. The van der Waals surface area contributed by atoms with E-state index in [1.54, 1.807) is 12.1 Å². The van der Waals surface area contributed by atoms with Gasteiger partial charge < -0.3 is 9.84 Å². The standard InChI is InChI=1S/C10H9N3O3/c1-16-10(15)9-11-6-13(12-9)7-2-4-8(14)5-3-7/h2-6,14H,1H3. The lowest BCUT2D eigenvalue weighted by atomic mass is 10.3. The quantitative estimate of drug-likeness (QED) is 0.754. The van der Waals surface area contributed by atoms with E-state index in [1.165, 1.54) is 30.3 Å². The van der Waals surface area contributed by atoms with Crippen molar-refractivity contribution in [1.29, 1.82) is 0 Å². The summed E-state index contributed by atoms with van der Waals surface area (Å²) in [5, 5.41) is 13.0. The topological polar surface area (TPSA) is 77.2 Å². The lowest BCUT2D eigenvalue weighted by molar-refractivity contribution is 0.0587. The number of nitrogens with zero attached hydrogens (tertiary/aromatic N) is 3. The minimum absolute atomic E-state index is 0.00410. The third-order valence-corrected chi connectivity index (χ3v) is 1.97. The van der Waals surface area contributed by atoms with Crippen LogP contribution in [0.5, 0.6) is 5.75 Å². The molecule has 0 aliphatic heterocycles. The van der Waals surface area contributed by atoms with Gasteiger partial charge in [-0.05, 0) is 24.3 Å². The number of phenols is 1. The number of methoxy groups -OCH3 is 1. The van der Waals surface area contributed by atoms with Crippen molar-refractivity contribution < 1.29 is 14.6 Å². The zero-order chi connectivity index (χ0) is 11.5. The largest absolute Gasteiger partial charge is 0.508 e. The minimum Gasteiger partial charge on any atom is -0.508 e. The normalized spacial score (nSPS) is 10.1. The first-order valence-corrected chi connectivity index (χ1v) is 4.50. The van der Waals surface area contributed by atoms with Crippen molar-refractivity contribution in [1.82, 2.24) is 14.8 Å².